The lowest BCUT2D eigenvalue weighted by atomic mass is 10.1. The molecule has 0 radical (unpaired) electrons. The predicted molar refractivity (Wildman–Crippen MR) is 171 cm³/mol. The van der Waals surface area contributed by atoms with Crippen LogP contribution in [-0.2, 0) is 53.6 Å². The molecular weight excluding hydrogens is 558 g/mol. The number of urea groups is 1. The fourth-order valence-corrected chi connectivity index (χ4v) is 5.20. The van der Waals surface area contributed by atoms with E-state index in [1.807, 2.05) is 36.4 Å². The van der Waals surface area contributed by atoms with E-state index in [2.05, 4.69) is 40.3 Å². The van der Waals surface area contributed by atoms with Gasteiger partial charge in [-0.25, -0.2) is 4.79 Å². The van der Waals surface area contributed by atoms with Crippen molar-refractivity contribution in [3.63, 3.8) is 0 Å². The average molecular weight is 604 g/mol. The second-order valence-corrected chi connectivity index (χ2v) is 11.2. The number of carbonyl (C=O) groups is 1. The molecule has 5 rings (SSSR count). The van der Waals surface area contributed by atoms with Crippen LogP contribution in [0.1, 0.15) is 66.2 Å². The zero-order chi connectivity index (χ0) is 30.4. The first kappa shape index (κ1) is 31.9. The van der Waals surface area contributed by atoms with Gasteiger partial charge in [0, 0.05) is 60.8 Å². The minimum absolute atomic E-state index is 0.319. The van der Waals surface area contributed by atoms with Gasteiger partial charge in [0.05, 0.1) is 57.6 Å². The normalized spacial score (nSPS) is 16.7. The number of benzene rings is 2. The molecule has 0 fully saturated rings. The van der Waals surface area contributed by atoms with Gasteiger partial charge >= 0.3 is 6.03 Å². The van der Waals surface area contributed by atoms with Crippen molar-refractivity contribution >= 4 is 17.4 Å². The third-order valence-corrected chi connectivity index (χ3v) is 7.55. The van der Waals surface area contributed by atoms with E-state index in [4.69, 9.17) is 23.9 Å². The maximum atomic E-state index is 13.3. The summed E-state index contributed by atoms with van der Waals surface area (Å²) in [6, 6.07) is 15.8. The summed E-state index contributed by atoms with van der Waals surface area (Å²) in [4.78, 5) is 18.2. The Morgan fingerprint density at radius 2 is 1.27 bits per heavy atom. The molecule has 2 aromatic carbocycles. The summed E-state index contributed by atoms with van der Waals surface area (Å²) >= 11 is 0. The fraction of sp³-hybridized carbons (Fsp3) is 0.471. The number of unbranched alkanes of at least 4 members (excludes halogenated alkanes) is 3. The first-order valence-corrected chi connectivity index (χ1v) is 15.7. The van der Waals surface area contributed by atoms with Gasteiger partial charge < -0.3 is 40.2 Å². The number of hydrogen-bond acceptors (Lipinski definition) is 8. The summed E-state index contributed by atoms with van der Waals surface area (Å²) in [5, 5.41) is 13.1. The van der Waals surface area contributed by atoms with Crippen LogP contribution in [-0.4, -0.2) is 44.0 Å². The van der Waals surface area contributed by atoms with E-state index in [1.54, 1.807) is 0 Å². The number of ether oxygens (including phenoxy) is 4. The monoisotopic (exact) mass is 603 g/mol. The number of rotatable bonds is 6. The molecule has 0 spiro atoms. The summed E-state index contributed by atoms with van der Waals surface area (Å²) in [7, 11) is 0. The molecule has 4 N–H and O–H groups in total. The van der Waals surface area contributed by atoms with Crippen LogP contribution in [0.5, 0.6) is 5.75 Å². The minimum atomic E-state index is -0.319. The van der Waals surface area contributed by atoms with Crippen LogP contribution in [0.2, 0.25) is 0 Å². The number of nitrogens with one attached hydrogen (secondary N) is 4. The highest BCUT2D eigenvalue weighted by Crippen LogP contribution is 2.23. The van der Waals surface area contributed by atoms with Crippen molar-refractivity contribution in [3.05, 3.63) is 82.2 Å². The van der Waals surface area contributed by atoms with Crippen LogP contribution < -0.4 is 26.0 Å². The smallest absolute Gasteiger partial charge is 0.323 e. The van der Waals surface area contributed by atoms with Crippen LogP contribution in [0.4, 0.5) is 16.2 Å². The van der Waals surface area contributed by atoms with Gasteiger partial charge in [0.1, 0.15) is 5.75 Å². The molecule has 236 valence electrons. The topological polar surface area (TPSA) is 115 Å². The van der Waals surface area contributed by atoms with Crippen LogP contribution in [0, 0.1) is 0 Å². The van der Waals surface area contributed by atoms with Gasteiger partial charge in [-0.2, -0.15) is 0 Å². The zero-order valence-corrected chi connectivity index (χ0v) is 25.7. The molecule has 0 atom stereocenters. The Labute approximate surface area is 260 Å². The number of carbonyl (C=O) groups excluding carboxylic acids is 1. The zero-order valence-electron chi connectivity index (χ0n) is 25.7. The van der Waals surface area contributed by atoms with Gasteiger partial charge in [-0.05, 0) is 29.7 Å². The van der Waals surface area contributed by atoms with Gasteiger partial charge in [-0.15, -0.1) is 0 Å². The van der Waals surface area contributed by atoms with Gasteiger partial charge in [0.15, 0.2) is 0 Å². The van der Waals surface area contributed by atoms with Crippen molar-refractivity contribution in [2.75, 3.05) is 43.7 Å². The number of aromatic nitrogens is 1. The Morgan fingerprint density at radius 3 is 1.84 bits per heavy atom. The molecule has 0 saturated carbocycles. The molecule has 3 aromatic rings. The minimum Gasteiger partial charge on any atom is -0.493 e. The first-order chi connectivity index (χ1) is 21.7. The standard InChI is InChI=1S/C34H45N5O5/c1-2-3-4-5-10-44-31-17-29-21-35-19-25-6-8-27-23-42-13-11-41-12-14-43-24-28-9-7-26(20-36-22-30(18-31)37-29)16-33(28)39-34(40)38-32(27)15-25/h6-9,15-18,35-36H,2-5,10-14,19-24H2,1H3,(H2,38,39,40). The van der Waals surface area contributed by atoms with Crippen molar-refractivity contribution in [1.82, 2.24) is 15.6 Å². The summed E-state index contributed by atoms with van der Waals surface area (Å²) in [6.07, 6.45) is 4.65. The Kier molecular flexibility index (Phi) is 12.4. The average Bonchev–Trinajstić information content (AvgIpc) is 3.01. The summed E-state index contributed by atoms with van der Waals surface area (Å²) in [5.41, 5.74) is 7.09. The van der Waals surface area contributed by atoms with E-state index in [9.17, 15) is 4.79 Å². The van der Waals surface area contributed by atoms with Crippen LogP contribution in [0.15, 0.2) is 48.5 Å². The summed E-state index contributed by atoms with van der Waals surface area (Å²) < 4.78 is 23.5. The van der Waals surface area contributed by atoms with Crippen molar-refractivity contribution in [2.45, 2.75) is 72.0 Å². The largest absolute Gasteiger partial charge is 0.493 e. The third kappa shape index (κ3) is 10.0. The molecule has 10 heteroatoms. The lowest BCUT2D eigenvalue weighted by Gasteiger charge is -2.18. The highest BCUT2D eigenvalue weighted by atomic mass is 16.5. The van der Waals surface area contributed by atoms with Gasteiger partial charge in [0.2, 0.25) is 0 Å². The van der Waals surface area contributed by atoms with Crippen molar-refractivity contribution in [2.24, 2.45) is 0 Å². The molecule has 3 heterocycles. The fourth-order valence-electron chi connectivity index (χ4n) is 5.20. The van der Waals surface area contributed by atoms with Crippen molar-refractivity contribution in [1.29, 1.82) is 0 Å². The quantitative estimate of drug-likeness (QED) is 0.268. The van der Waals surface area contributed by atoms with E-state index in [0.717, 1.165) is 45.8 Å². The number of anilines is 2. The lowest BCUT2D eigenvalue weighted by Crippen LogP contribution is -2.23. The number of fused-ring (bicyclic) bond motifs is 6. The highest BCUT2D eigenvalue weighted by Gasteiger charge is 2.14. The Balaban J connectivity index is 1.42. The number of nitrogens with zero attached hydrogens (tertiary/aromatic N) is 1. The molecule has 2 aliphatic rings. The van der Waals surface area contributed by atoms with Crippen LogP contribution in [0.3, 0.4) is 0 Å². The SMILES string of the molecule is CCCCCCOc1cc2nc(c1)CNCc1ccc3c(c1)NC(=O)Nc1cc(ccc1COCCOCCOC3)CNC2. The molecule has 2 amide bonds. The Hall–Kier alpha value is -3.54. The lowest BCUT2D eigenvalue weighted by molar-refractivity contribution is 0.00719. The second-order valence-electron chi connectivity index (χ2n) is 11.2. The molecular formula is C34H45N5O5. The van der Waals surface area contributed by atoms with Crippen molar-refractivity contribution in [3.8, 4) is 5.75 Å². The van der Waals surface area contributed by atoms with E-state index in [1.165, 1.54) is 19.3 Å². The maximum absolute atomic E-state index is 13.3. The van der Waals surface area contributed by atoms with Crippen LogP contribution >= 0.6 is 0 Å². The predicted octanol–water partition coefficient (Wildman–Crippen LogP) is 5.64. The van der Waals surface area contributed by atoms with E-state index in [-0.39, 0.29) is 6.03 Å². The summed E-state index contributed by atoms with van der Waals surface area (Å²) in [6.45, 7) is 7.85. The number of hydrogen-bond donors (Lipinski definition) is 4. The van der Waals surface area contributed by atoms with Crippen LogP contribution in [0.25, 0.3) is 0 Å². The summed E-state index contributed by atoms with van der Waals surface area (Å²) in [5.74, 6) is 0.850. The molecule has 1 aromatic heterocycles. The highest BCUT2D eigenvalue weighted by molar-refractivity contribution is 6.00. The number of amides is 2. The Bertz CT molecular complexity index is 1280. The van der Waals surface area contributed by atoms with Crippen molar-refractivity contribution < 1.29 is 23.7 Å². The maximum Gasteiger partial charge on any atom is 0.323 e. The van der Waals surface area contributed by atoms with Gasteiger partial charge in [-0.3, -0.25) is 4.98 Å². The molecule has 10 nitrogen and oxygen atoms in total. The Morgan fingerprint density at radius 1 is 0.705 bits per heavy atom. The molecule has 0 saturated heterocycles. The molecule has 0 aliphatic carbocycles. The molecule has 2 aliphatic heterocycles. The van der Waals surface area contributed by atoms with E-state index >= 15 is 0 Å². The van der Waals surface area contributed by atoms with E-state index < -0.39 is 0 Å². The third-order valence-electron chi connectivity index (χ3n) is 7.55. The van der Waals surface area contributed by atoms with Gasteiger partial charge in [-0.1, -0.05) is 50.5 Å². The first-order valence-electron chi connectivity index (χ1n) is 15.7. The molecule has 0 unspecified atom stereocenters. The number of pyridine rings is 1. The van der Waals surface area contributed by atoms with E-state index in [0.29, 0.717) is 83.8 Å². The molecule has 44 heavy (non-hydrogen) atoms. The second kappa shape index (κ2) is 17.1. The molecule has 6 bridgehead atoms. The van der Waals surface area contributed by atoms with Gasteiger partial charge in [0.25, 0.3) is 0 Å².